The predicted octanol–water partition coefficient (Wildman–Crippen LogP) is 2.37. The van der Waals surface area contributed by atoms with Crippen LogP contribution in [0.3, 0.4) is 0 Å². The highest BCUT2D eigenvalue weighted by molar-refractivity contribution is 7.09. The first-order chi connectivity index (χ1) is 9.51. The molecule has 20 heavy (non-hydrogen) atoms. The number of nitrogens with zero attached hydrogens (tertiary/aromatic N) is 4. The van der Waals surface area contributed by atoms with Crippen LogP contribution in [0.5, 0.6) is 0 Å². The van der Waals surface area contributed by atoms with Crippen molar-refractivity contribution in [2.75, 3.05) is 0 Å². The van der Waals surface area contributed by atoms with Crippen LogP contribution in [0.1, 0.15) is 29.2 Å². The molecule has 0 radical (unpaired) electrons. The molecule has 7 heteroatoms. The van der Waals surface area contributed by atoms with Gasteiger partial charge in [-0.15, -0.1) is 16.4 Å². The zero-order valence-corrected chi connectivity index (χ0v) is 11.8. The quantitative estimate of drug-likeness (QED) is 0.800. The van der Waals surface area contributed by atoms with E-state index in [0.717, 1.165) is 5.01 Å². The van der Waals surface area contributed by atoms with Gasteiger partial charge in [0.2, 0.25) is 0 Å². The standard InChI is InChI=1S/C13H12N4O2S/c1-13(2,12-14-6-7-20-12)17-9-5-3-4-8(11(18)19)10(9)15-16-17/h3-7H,1-2H3,(H,18,19). The molecule has 0 saturated carbocycles. The topological polar surface area (TPSA) is 80.9 Å². The number of aromatic nitrogens is 4. The van der Waals surface area contributed by atoms with E-state index in [1.54, 1.807) is 16.9 Å². The fraction of sp³-hybridized carbons (Fsp3) is 0.231. The molecule has 0 aliphatic heterocycles. The molecule has 0 aliphatic carbocycles. The van der Waals surface area contributed by atoms with E-state index in [9.17, 15) is 9.90 Å². The summed E-state index contributed by atoms with van der Waals surface area (Å²) in [5.74, 6) is -1.00. The van der Waals surface area contributed by atoms with Crippen molar-refractivity contribution in [2.45, 2.75) is 19.4 Å². The van der Waals surface area contributed by atoms with Crippen molar-refractivity contribution < 1.29 is 9.90 Å². The maximum absolute atomic E-state index is 11.2. The number of carboxylic acid groups (broad SMARTS) is 1. The monoisotopic (exact) mass is 288 g/mol. The zero-order chi connectivity index (χ0) is 14.3. The molecule has 3 rings (SSSR count). The summed E-state index contributed by atoms with van der Waals surface area (Å²) in [5, 5.41) is 20.1. The first-order valence-corrected chi connectivity index (χ1v) is 6.88. The maximum atomic E-state index is 11.2. The van der Waals surface area contributed by atoms with Crippen LogP contribution in [-0.2, 0) is 5.54 Å². The number of carbonyl (C=O) groups is 1. The molecular weight excluding hydrogens is 276 g/mol. The average Bonchev–Trinajstić information content (AvgIpc) is 3.07. The van der Waals surface area contributed by atoms with Gasteiger partial charge in [-0.2, -0.15) is 0 Å². The Morgan fingerprint density at radius 2 is 2.20 bits per heavy atom. The van der Waals surface area contributed by atoms with E-state index >= 15 is 0 Å². The molecule has 0 amide bonds. The van der Waals surface area contributed by atoms with Gasteiger partial charge in [0.05, 0.1) is 11.1 Å². The minimum Gasteiger partial charge on any atom is -0.478 e. The highest BCUT2D eigenvalue weighted by Gasteiger charge is 2.29. The lowest BCUT2D eigenvalue weighted by molar-refractivity contribution is 0.0699. The Kier molecular flexibility index (Phi) is 2.79. The van der Waals surface area contributed by atoms with Crippen molar-refractivity contribution in [2.24, 2.45) is 0 Å². The van der Waals surface area contributed by atoms with Crippen molar-refractivity contribution in [3.8, 4) is 0 Å². The fourth-order valence-corrected chi connectivity index (χ4v) is 2.89. The lowest BCUT2D eigenvalue weighted by Crippen LogP contribution is -2.28. The van der Waals surface area contributed by atoms with Crippen molar-refractivity contribution in [1.82, 2.24) is 20.0 Å². The first-order valence-electron chi connectivity index (χ1n) is 6.00. The summed E-state index contributed by atoms with van der Waals surface area (Å²) in [4.78, 5) is 15.5. The molecule has 0 unspecified atom stereocenters. The summed E-state index contributed by atoms with van der Waals surface area (Å²) in [5.41, 5.74) is 0.749. The van der Waals surface area contributed by atoms with Gasteiger partial charge in [0.15, 0.2) is 0 Å². The molecule has 0 saturated heterocycles. The van der Waals surface area contributed by atoms with E-state index in [0.29, 0.717) is 11.0 Å². The molecule has 6 nitrogen and oxygen atoms in total. The van der Waals surface area contributed by atoms with Crippen molar-refractivity contribution in [3.63, 3.8) is 0 Å². The van der Waals surface area contributed by atoms with Crippen LogP contribution in [-0.4, -0.2) is 31.1 Å². The van der Waals surface area contributed by atoms with Gasteiger partial charge in [0.1, 0.15) is 16.1 Å². The van der Waals surface area contributed by atoms with E-state index in [-0.39, 0.29) is 5.56 Å². The molecule has 0 atom stereocenters. The van der Waals surface area contributed by atoms with Crippen LogP contribution in [0.4, 0.5) is 0 Å². The Labute approximate surface area is 118 Å². The fourth-order valence-electron chi connectivity index (χ4n) is 2.15. The Morgan fingerprint density at radius 1 is 1.40 bits per heavy atom. The molecular formula is C13H12N4O2S. The average molecular weight is 288 g/mol. The number of rotatable bonds is 3. The van der Waals surface area contributed by atoms with Crippen molar-refractivity contribution in [3.05, 3.63) is 40.3 Å². The maximum Gasteiger partial charge on any atom is 0.338 e. The van der Waals surface area contributed by atoms with Gasteiger partial charge in [0.25, 0.3) is 0 Å². The second-order valence-electron chi connectivity index (χ2n) is 4.88. The number of carboxylic acids is 1. The van der Waals surface area contributed by atoms with Gasteiger partial charge >= 0.3 is 5.97 Å². The van der Waals surface area contributed by atoms with Gasteiger partial charge in [-0.3, -0.25) is 0 Å². The summed E-state index contributed by atoms with van der Waals surface area (Å²) in [6.45, 7) is 3.96. The van der Waals surface area contributed by atoms with E-state index in [1.165, 1.54) is 17.4 Å². The highest BCUT2D eigenvalue weighted by Crippen LogP contribution is 2.30. The third-order valence-corrected chi connectivity index (χ3v) is 4.28. The van der Waals surface area contributed by atoms with Crippen LogP contribution in [0, 0.1) is 0 Å². The molecule has 102 valence electrons. The van der Waals surface area contributed by atoms with E-state index in [1.807, 2.05) is 25.3 Å². The number of thiazole rings is 1. The van der Waals surface area contributed by atoms with E-state index in [2.05, 4.69) is 15.3 Å². The largest absolute Gasteiger partial charge is 0.478 e. The second kappa shape index (κ2) is 4.38. The zero-order valence-electron chi connectivity index (χ0n) is 10.9. The number of aromatic carboxylic acids is 1. The molecule has 3 aromatic rings. The molecule has 0 aliphatic rings. The van der Waals surface area contributed by atoms with Crippen LogP contribution < -0.4 is 0 Å². The summed E-state index contributed by atoms with van der Waals surface area (Å²) < 4.78 is 1.72. The lowest BCUT2D eigenvalue weighted by Gasteiger charge is -2.22. The molecule has 2 aromatic heterocycles. The van der Waals surface area contributed by atoms with Crippen molar-refractivity contribution >= 4 is 28.3 Å². The third kappa shape index (κ3) is 1.78. The lowest BCUT2D eigenvalue weighted by atomic mass is 10.1. The number of hydrogen-bond donors (Lipinski definition) is 1. The second-order valence-corrected chi connectivity index (χ2v) is 5.77. The van der Waals surface area contributed by atoms with Gasteiger partial charge in [-0.05, 0) is 26.0 Å². The molecule has 2 heterocycles. The summed E-state index contributed by atoms with van der Waals surface area (Å²) >= 11 is 1.53. The molecule has 1 N–H and O–H groups in total. The molecule has 0 fully saturated rings. The number of benzene rings is 1. The van der Waals surface area contributed by atoms with E-state index in [4.69, 9.17) is 0 Å². The summed E-state index contributed by atoms with van der Waals surface area (Å²) in [7, 11) is 0. The smallest absolute Gasteiger partial charge is 0.338 e. The van der Waals surface area contributed by atoms with Gasteiger partial charge in [-0.1, -0.05) is 11.3 Å². The van der Waals surface area contributed by atoms with Gasteiger partial charge in [-0.25, -0.2) is 14.5 Å². The van der Waals surface area contributed by atoms with Crippen LogP contribution in [0.2, 0.25) is 0 Å². The SMILES string of the molecule is CC(C)(c1nccs1)n1nnc2c(C(=O)O)cccc21. The summed E-state index contributed by atoms with van der Waals surface area (Å²) in [6, 6.07) is 5.04. The number of hydrogen-bond acceptors (Lipinski definition) is 5. The van der Waals surface area contributed by atoms with Gasteiger partial charge < -0.3 is 5.11 Å². The predicted molar refractivity (Wildman–Crippen MR) is 75.0 cm³/mol. The van der Waals surface area contributed by atoms with E-state index < -0.39 is 11.5 Å². The first kappa shape index (κ1) is 12.7. The Bertz CT molecular complexity index is 777. The number of fused-ring (bicyclic) bond motifs is 1. The molecule has 0 spiro atoms. The van der Waals surface area contributed by atoms with Crippen LogP contribution in [0.15, 0.2) is 29.8 Å². The molecule has 1 aromatic carbocycles. The minimum absolute atomic E-state index is 0.156. The van der Waals surface area contributed by atoms with Crippen LogP contribution >= 0.6 is 11.3 Å². The Balaban J connectivity index is 2.24. The normalized spacial score (nSPS) is 11.9. The van der Waals surface area contributed by atoms with Gasteiger partial charge in [0, 0.05) is 11.6 Å². The summed E-state index contributed by atoms with van der Waals surface area (Å²) in [6.07, 6.45) is 1.74. The Morgan fingerprint density at radius 3 is 2.85 bits per heavy atom. The third-order valence-electron chi connectivity index (χ3n) is 3.19. The van der Waals surface area contributed by atoms with Crippen LogP contribution in [0.25, 0.3) is 11.0 Å². The Hall–Kier alpha value is -2.28. The minimum atomic E-state index is -1.00. The highest BCUT2D eigenvalue weighted by atomic mass is 32.1. The van der Waals surface area contributed by atoms with Crippen molar-refractivity contribution in [1.29, 1.82) is 0 Å². The molecule has 0 bridgehead atoms.